The van der Waals surface area contributed by atoms with Crippen LogP contribution in [0, 0.1) is 0 Å². The Hall–Kier alpha value is -1.83. The third-order valence-corrected chi connectivity index (χ3v) is 4.63. The van der Waals surface area contributed by atoms with Crippen molar-refractivity contribution in [2.45, 2.75) is 37.0 Å². The second-order valence-corrected chi connectivity index (χ2v) is 6.11. The van der Waals surface area contributed by atoms with Crippen LogP contribution in [0.25, 0.3) is 0 Å². The van der Waals surface area contributed by atoms with Gasteiger partial charge < -0.3 is 14.7 Å². The zero-order chi connectivity index (χ0) is 16.7. The molecule has 8 heteroatoms. The fraction of sp³-hybridized carbons (Fsp3) is 0.600. The molecule has 126 valence electrons. The van der Waals surface area contributed by atoms with Crippen LogP contribution in [0.1, 0.15) is 36.6 Å². The van der Waals surface area contributed by atoms with E-state index in [1.165, 1.54) is 11.0 Å². The molecule has 1 spiro atoms. The second kappa shape index (κ2) is 5.67. The summed E-state index contributed by atoms with van der Waals surface area (Å²) in [5, 5.41) is 8.97. The topological polar surface area (TPSA) is 62.7 Å². The summed E-state index contributed by atoms with van der Waals surface area (Å²) in [6, 6.07) is 3.91. The number of alkyl halides is 3. The van der Waals surface area contributed by atoms with Gasteiger partial charge in [-0.2, -0.15) is 13.2 Å². The molecule has 1 aromatic heterocycles. The monoisotopic (exact) mass is 330 g/mol. The van der Waals surface area contributed by atoms with E-state index in [1.807, 2.05) is 0 Å². The van der Waals surface area contributed by atoms with Crippen molar-refractivity contribution in [3.8, 4) is 0 Å². The summed E-state index contributed by atoms with van der Waals surface area (Å²) >= 11 is 0. The summed E-state index contributed by atoms with van der Waals surface area (Å²) in [7, 11) is 0. The van der Waals surface area contributed by atoms with Gasteiger partial charge in [-0.3, -0.25) is 0 Å². The zero-order valence-corrected chi connectivity index (χ0v) is 12.3. The molecule has 0 aliphatic carbocycles. The lowest BCUT2D eigenvalue weighted by molar-refractivity contribution is -0.141. The van der Waals surface area contributed by atoms with Gasteiger partial charge in [-0.05, 0) is 31.4 Å². The zero-order valence-electron chi connectivity index (χ0n) is 12.3. The number of halogens is 3. The molecular formula is C15H17F3N2O3. The maximum atomic E-state index is 12.8. The summed E-state index contributed by atoms with van der Waals surface area (Å²) in [4.78, 5) is 16.0. The highest BCUT2D eigenvalue weighted by Gasteiger charge is 2.44. The first-order chi connectivity index (χ1) is 10.8. The Morgan fingerprint density at radius 1 is 1.35 bits per heavy atom. The molecule has 1 atom stereocenters. The van der Waals surface area contributed by atoms with Crippen molar-refractivity contribution in [2.24, 2.45) is 0 Å². The Morgan fingerprint density at radius 3 is 2.65 bits per heavy atom. The average Bonchev–Trinajstić information content (AvgIpc) is 2.91. The highest BCUT2D eigenvalue weighted by Crippen LogP contribution is 2.42. The minimum Gasteiger partial charge on any atom is -0.465 e. The number of hydrogen-bond acceptors (Lipinski definition) is 3. The summed E-state index contributed by atoms with van der Waals surface area (Å²) in [5.41, 5.74) is -0.944. The highest BCUT2D eigenvalue weighted by atomic mass is 19.4. The van der Waals surface area contributed by atoms with Gasteiger partial charge in [-0.15, -0.1) is 0 Å². The van der Waals surface area contributed by atoms with Crippen LogP contribution in [0.15, 0.2) is 18.2 Å². The molecular weight excluding hydrogens is 313 g/mol. The SMILES string of the molecule is O=C(O)N1CCC2(CC1)CC(c1cccc(C(F)(F)F)n1)CO2. The van der Waals surface area contributed by atoms with Crippen LogP contribution in [0.4, 0.5) is 18.0 Å². The molecule has 0 saturated carbocycles. The third-order valence-electron chi connectivity index (χ3n) is 4.63. The number of carboxylic acid groups (broad SMARTS) is 1. The van der Waals surface area contributed by atoms with Crippen LogP contribution in [-0.4, -0.2) is 46.4 Å². The molecule has 2 aliphatic rings. The van der Waals surface area contributed by atoms with Crippen molar-refractivity contribution in [1.29, 1.82) is 0 Å². The van der Waals surface area contributed by atoms with Crippen molar-refractivity contribution < 1.29 is 27.8 Å². The molecule has 0 radical (unpaired) electrons. The first-order valence-electron chi connectivity index (χ1n) is 7.45. The number of pyridine rings is 1. The van der Waals surface area contributed by atoms with E-state index >= 15 is 0 Å². The summed E-state index contributed by atoms with van der Waals surface area (Å²) in [6.45, 7) is 1.09. The quantitative estimate of drug-likeness (QED) is 0.859. The number of rotatable bonds is 1. The van der Waals surface area contributed by atoms with Crippen molar-refractivity contribution in [3.63, 3.8) is 0 Å². The van der Waals surface area contributed by atoms with E-state index in [0.717, 1.165) is 6.07 Å². The molecule has 1 unspecified atom stereocenters. The maximum absolute atomic E-state index is 12.8. The van der Waals surface area contributed by atoms with E-state index in [9.17, 15) is 18.0 Å². The normalized spacial score (nSPS) is 24.1. The minimum absolute atomic E-state index is 0.186. The molecule has 2 fully saturated rings. The molecule has 1 N–H and O–H groups in total. The number of carbonyl (C=O) groups is 1. The third kappa shape index (κ3) is 3.26. The number of likely N-dealkylation sites (tertiary alicyclic amines) is 1. The van der Waals surface area contributed by atoms with Gasteiger partial charge in [-0.1, -0.05) is 6.07 Å². The Bertz CT molecular complexity index is 598. The molecule has 3 rings (SSSR count). The standard InChI is InChI=1S/C15H17F3N2O3/c16-15(17,18)12-3-1-2-11(19-12)10-8-14(23-9-10)4-6-20(7-5-14)13(21)22/h1-3,10H,4-9H2,(H,21,22). The average molecular weight is 330 g/mol. The van der Waals surface area contributed by atoms with E-state index < -0.39 is 23.6 Å². The molecule has 23 heavy (non-hydrogen) atoms. The van der Waals surface area contributed by atoms with E-state index in [2.05, 4.69) is 4.98 Å². The van der Waals surface area contributed by atoms with Crippen molar-refractivity contribution >= 4 is 6.09 Å². The number of ether oxygens (including phenoxy) is 1. The summed E-state index contributed by atoms with van der Waals surface area (Å²) < 4.78 is 44.2. The lowest BCUT2D eigenvalue weighted by Gasteiger charge is -2.37. The van der Waals surface area contributed by atoms with Gasteiger partial charge in [0.15, 0.2) is 0 Å². The van der Waals surface area contributed by atoms with E-state index in [0.29, 0.717) is 44.7 Å². The first-order valence-corrected chi connectivity index (χ1v) is 7.45. The Balaban J connectivity index is 1.70. The molecule has 2 saturated heterocycles. The maximum Gasteiger partial charge on any atom is 0.433 e. The van der Waals surface area contributed by atoms with Gasteiger partial charge in [0, 0.05) is 24.7 Å². The van der Waals surface area contributed by atoms with E-state index in [1.54, 1.807) is 6.07 Å². The predicted octanol–water partition coefficient (Wildman–Crippen LogP) is 3.12. The predicted molar refractivity (Wildman–Crippen MR) is 74.1 cm³/mol. The minimum atomic E-state index is -4.46. The van der Waals surface area contributed by atoms with Crippen LogP contribution in [0.5, 0.6) is 0 Å². The van der Waals surface area contributed by atoms with Gasteiger partial charge in [0.1, 0.15) is 5.69 Å². The van der Waals surface area contributed by atoms with Crippen molar-refractivity contribution in [2.75, 3.05) is 19.7 Å². The number of amides is 1. The number of aromatic nitrogens is 1. The van der Waals surface area contributed by atoms with E-state index in [-0.39, 0.29) is 5.92 Å². The fourth-order valence-electron chi connectivity index (χ4n) is 3.32. The molecule has 1 amide bonds. The Morgan fingerprint density at radius 2 is 2.04 bits per heavy atom. The van der Waals surface area contributed by atoms with Crippen LogP contribution >= 0.6 is 0 Å². The molecule has 1 aromatic rings. The van der Waals surface area contributed by atoms with Crippen LogP contribution in [0.3, 0.4) is 0 Å². The number of nitrogens with zero attached hydrogens (tertiary/aromatic N) is 2. The lowest BCUT2D eigenvalue weighted by Crippen LogP contribution is -2.45. The Kier molecular flexibility index (Phi) is 3.95. The van der Waals surface area contributed by atoms with Crippen molar-refractivity contribution in [3.05, 3.63) is 29.6 Å². The largest absolute Gasteiger partial charge is 0.465 e. The smallest absolute Gasteiger partial charge is 0.433 e. The Labute approximate surface area is 131 Å². The van der Waals surface area contributed by atoms with E-state index in [4.69, 9.17) is 9.84 Å². The van der Waals surface area contributed by atoms with Crippen molar-refractivity contribution in [1.82, 2.24) is 9.88 Å². The first kappa shape index (κ1) is 16.0. The molecule has 0 aromatic carbocycles. The lowest BCUT2D eigenvalue weighted by atomic mass is 9.84. The summed E-state index contributed by atoms with van der Waals surface area (Å²) in [5.74, 6) is -0.186. The van der Waals surface area contributed by atoms with Crippen LogP contribution < -0.4 is 0 Å². The van der Waals surface area contributed by atoms with Gasteiger partial charge in [0.05, 0.1) is 12.2 Å². The number of piperidine rings is 1. The number of hydrogen-bond donors (Lipinski definition) is 1. The molecule has 0 bridgehead atoms. The van der Waals surface area contributed by atoms with Gasteiger partial charge >= 0.3 is 12.3 Å². The molecule has 5 nitrogen and oxygen atoms in total. The highest BCUT2D eigenvalue weighted by molar-refractivity contribution is 5.65. The van der Waals surface area contributed by atoms with Crippen LogP contribution in [0.2, 0.25) is 0 Å². The summed E-state index contributed by atoms with van der Waals surface area (Å²) in [6.07, 6.45) is -3.70. The fourth-order valence-corrected chi connectivity index (χ4v) is 3.32. The van der Waals surface area contributed by atoms with Gasteiger partial charge in [0.25, 0.3) is 0 Å². The van der Waals surface area contributed by atoms with Gasteiger partial charge in [-0.25, -0.2) is 9.78 Å². The van der Waals surface area contributed by atoms with Crippen LogP contribution in [-0.2, 0) is 10.9 Å². The van der Waals surface area contributed by atoms with Gasteiger partial charge in [0.2, 0.25) is 0 Å². The second-order valence-electron chi connectivity index (χ2n) is 6.11. The molecule has 3 heterocycles. The molecule has 2 aliphatic heterocycles.